The number of hydrogen-bond donors (Lipinski definition) is 2. The summed E-state index contributed by atoms with van der Waals surface area (Å²) in [6.45, 7) is 2.19. The fourth-order valence-electron chi connectivity index (χ4n) is 2.65. The molecule has 23 heavy (non-hydrogen) atoms. The maximum Gasteiger partial charge on any atom is 0.326 e. The van der Waals surface area contributed by atoms with Crippen LogP contribution in [0.1, 0.15) is 36.5 Å². The maximum atomic E-state index is 12.6. The van der Waals surface area contributed by atoms with Gasteiger partial charge in [-0.15, -0.1) is 0 Å². The minimum Gasteiger partial charge on any atom is -0.480 e. The third-order valence-corrected chi connectivity index (χ3v) is 4.46. The molecule has 124 valence electrons. The van der Waals surface area contributed by atoms with E-state index < -0.39 is 24.0 Å². The predicted octanol–water partition coefficient (Wildman–Crippen LogP) is 2.03. The Labute approximate surface area is 143 Å². The number of hydrogen-bond acceptors (Lipinski definition) is 3. The average molecular weight is 383 g/mol. The molecular formula is C16H19BrN2O4. The fourth-order valence-corrected chi connectivity index (χ4v) is 2.91. The zero-order valence-corrected chi connectivity index (χ0v) is 14.4. The van der Waals surface area contributed by atoms with Crippen LogP contribution >= 0.6 is 15.9 Å². The second-order valence-electron chi connectivity index (χ2n) is 5.47. The molecule has 0 saturated carbocycles. The number of nitrogens with zero attached hydrogens (tertiary/aromatic N) is 1. The van der Waals surface area contributed by atoms with Gasteiger partial charge in [0.25, 0.3) is 5.91 Å². The van der Waals surface area contributed by atoms with Crippen LogP contribution in [0.2, 0.25) is 0 Å². The van der Waals surface area contributed by atoms with Crippen molar-refractivity contribution in [3.63, 3.8) is 0 Å². The molecular weight excluding hydrogens is 364 g/mol. The number of carboxylic acid groups (broad SMARTS) is 1. The Kier molecular flexibility index (Phi) is 5.76. The van der Waals surface area contributed by atoms with Crippen LogP contribution in [0.25, 0.3) is 0 Å². The molecule has 1 aliphatic rings. The summed E-state index contributed by atoms with van der Waals surface area (Å²) in [4.78, 5) is 37.5. The summed E-state index contributed by atoms with van der Waals surface area (Å²) in [5.41, 5.74) is 0.512. The second-order valence-corrected chi connectivity index (χ2v) is 6.39. The summed E-state index contributed by atoms with van der Waals surface area (Å²) in [7, 11) is 0. The highest BCUT2D eigenvalue weighted by Crippen LogP contribution is 2.21. The van der Waals surface area contributed by atoms with Crippen LogP contribution in [0.15, 0.2) is 28.7 Å². The van der Waals surface area contributed by atoms with Crippen molar-refractivity contribution in [2.75, 3.05) is 6.54 Å². The Morgan fingerprint density at radius 1 is 1.35 bits per heavy atom. The molecule has 0 aromatic heterocycles. The second kappa shape index (κ2) is 7.59. The van der Waals surface area contributed by atoms with Crippen molar-refractivity contribution in [1.82, 2.24) is 10.2 Å². The van der Waals surface area contributed by atoms with E-state index in [1.54, 1.807) is 31.2 Å². The molecule has 6 nitrogen and oxygen atoms in total. The van der Waals surface area contributed by atoms with Crippen LogP contribution in [0.5, 0.6) is 0 Å². The van der Waals surface area contributed by atoms with E-state index in [1.807, 2.05) is 0 Å². The quantitative estimate of drug-likeness (QED) is 0.815. The van der Waals surface area contributed by atoms with Gasteiger partial charge in [-0.2, -0.15) is 0 Å². The number of carbonyl (C=O) groups excluding carboxylic acids is 2. The van der Waals surface area contributed by atoms with E-state index in [9.17, 15) is 14.4 Å². The molecule has 2 unspecified atom stereocenters. The Morgan fingerprint density at radius 2 is 2.00 bits per heavy atom. The van der Waals surface area contributed by atoms with Gasteiger partial charge < -0.3 is 15.3 Å². The first-order chi connectivity index (χ1) is 10.9. The third-order valence-electron chi connectivity index (χ3n) is 3.93. The van der Waals surface area contributed by atoms with Crippen molar-refractivity contribution in [3.05, 3.63) is 34.3 Å². The van der Waals surface area contributed by atoms with Crippen molar-refractivity contribution in [2.45, 2.75) is 38.3 Å². The molecule has 1 fully saturated rings. The molecule has 0 aliphatic carbocycles. The normalized spacial score (nSPS) is 18.5. The van der Waals surface area contributed by atoms with Gasteiger partial charge in [0.1, 0.15) is 12.1 Å². The molecule has 2 atom stereocenters. The van der Waals surface area contributed by atoms with Gasteiger partial charge in [-0.1, -0.05) is 22.9 Å². The van der Waals surface area contributed by atoms with Crippen LogP contribution in [0, 0.1) is 0 Å². The molecule has 2 N–H and O–H groups in total. The summed E-state index contributed by atoms with van der Waals surface area (Å²) >= 11 is 3.32. The van der Waals surface area contributed by atoms with Gasteiger partial charge >= 0.3 is 5.97 Å². The van der Waals surface area contributed by atoms with E-state index in [0.29, 0.717) is 24.9 Å². The van der Waals surface area contributed by atoms with E-state index in [4.69, 9.17) is 5.11 Å². The molecule has 7 heteroatoms. The van der Waals surface area contributed by atoms with Gasteiger partial charge in [-0.3, -0.25) is 9.59 Å². The maximum absolute atomic E-state index is 12.6. The Hall–Kier alpha value is -1.89. The number of likely N-dealkylation sites (tertiary alicyclic amines) is 1. The summed E-state index contributed by atoms with van der Waals surface area (Å²) in [6, 6.07) is 5.41. The minimum absolute atomic E-state index is 0.210. The molecule has 0 radical (unpaired) electrons. The van der Waals surface area contributed by atoms with Gasteiger partial charge in [0, 0.05) is 16.6 Å². The summed E-state index contributed by atoms with van der Waals surface area (Å²) in [6.07, 6.45) is 1.57. The molecule has 2 rings (SSSR count). The first-order valence-corrected chi connectivity index (χ1v) is 8.33. The molecule has 1 aromatic rings. The van der Waals surface area contributed by atoms with Crippen molar-refractivity contribution < 1.29 is 19.5 Å². The summed E-state index contributed by atoms with van der Waals surface area (Å²) < 4.78 is 0.872. The lowest BCUT2D eigenvalue weighted by Crippen LogP contribution is -2.50. The number of nitrogens with one attached hydrogen (secondary N) is 1. The number of carboxylic acids is 1. The standard InChI is InChI=1S/C16H19BrN2O4/c1-2-12(16(22)23)18-14(20)13-4-3-9-19(13)15(21)10-5-7-11(17)8-6-10/h5-8,12-13H,2-4,9H2,1H3,(H,18,20)(H,22,23). The molecule has 1 saturated heterocycles. The smallest absolute Gasteiger partial charge is 0.326 e. The number of aliphatic carboxylic acids is 1. The number of halogens is 1. The minimum atomic E-state index is -1.07. The van der Waals surface area contributed by atoms with E-state index >= 15 is 0 Å². The van der Waals surface area contributed by atoms with Gasteiger partial charge in [0.05, 0.1) is 0 Å². The first-order valence-electron chi connectivity index (χ1n) is 7.53. The predicted molar refractivity (Wildman–Crippen MR) is 88.1 cm³/mol. The third kappa shape index (κ3) is 4.10. The van der Waals surface area contributed by atoms with Gasteiger partial charge in [-0.25, -0.2) is 4.79 Å². The fraction of sp³-hybridized carbons (Fsp3) is 0.438. The highest BCUT2D eigenvalue weighted by atomic mass is 79.9. The zero-order valence-electron chi connectivity index (χ0n) is 12.8. The molecule has 0 bridgehead atoms. The number of amides is 2. The zero-order chi connectivity index (χ0) is 17.0. The summed E-state index contributed by atoms with van der Waals surface area (Å²) in [5, 5.41) is 11.6. The molecule has 0 spiro atoms. The van der Waals surface area contributed by atoms with Crippen LogP contribution in [0.4, 0.5) is 0 Å². The van der Waals surface area contributed by atoms with Crippen molar-refractivity contribution in [1.29, 1.82) is 0 Å². The van der Waals surface area contributed by atoms with Crippen LogP contribution in [-0.4, -0.2) is 46.4 Å². The van der Waals surface area contributed by atoms with Crippen molar-refractivity contribution in [3.8, 4) is 0 Å². The van der Waals surface area contributed by atoms with E-state index in [2.05, 4.69) is 21.2 Å². The van der Waals surface area contributed by atoms with Crippen molar-refractivity contribution in [2.24, 2.45) is 0 Å². The summed E-state index contributed by atoms with van der Waals surface area (Å²) in [5.74, 6) is -1.68. The Morgan fingerprint density at radius 3 is 2.57 bits per heavy atom. The van der Waals surface area contributed by atoms with Crippen molar-refractivity contribution >= 4 is 33.7 Å². The van der Waals surface area contributed by atoms with Gasteiger partial charge in [-0.05, 0) is 43.5 Å². The van der Waals surface area contributed by atoms with Gasteiger partial charge in [0.15, 0.2) is 0 Å². The number of carbonyl (C=O) groups is 3. The van der Waals surface area contributed by atoms with Gasteiger partial charge in [0.2, 0.25) is 5.91 Å². The lowest BCUT2D eigenvalue weighted by molar-refractivity contribution is -0.142. The lowest BCUT2D eigenvalue weighted by atomic mass is 10.1. The largest absolute Gasteiger partial charge is 0.480 e. The monoisotopic (exact) mass is 382 g/mol. The van der Waals surface area contributed by atoms with E-state index in [1.165, 1.54) is 4.90 Å². The highest BCUT2D eigenvalue weighted by Gasteiger charge is 2.35. The lowest BCUT2D eigenvalue weighted by Gasteiger charge is -2.25. The Balaban J connectivity index is 2.10. The molecule has 1 aliphatic heterocycles. The molecule has 2 amide bonds. The van der Waals surface area contributed by atoms with E-state index in [0.717, 1.165) is 10.9 Å². The topological polar surface area (TPSA) is 86.7 Å². The number of benzene rings is 1. The molecule has 1 aromatic carbocycles. The SMILES string of the molecule is CCC(NC(=O)C1CCCN1C(=O)c1ccc(Br)cc1)C(=O)O. The molecule has 1 heterocycles. The van der Waals surface area contributed by atoms with Crippen LogP contribution in [0.3, 0.4) is 0 Å². The van der Waals surface area contributed by atoms with Crippen LogP contribution < -0.4 is 5.32 Å². The first kappa shape index (κ1) is 17.5. The average Bonchev–Trinajstić information content (AvgIpc) is 3.01. The highest BCUT2D eigenvalue weighted by molar-refractivity contribution is 9.10. The van der Waals surface area contributed by atoms with E-state index in [-0.39, 0.29) is 5.91 Å². The number of rotatable bonds is 5. The Bertz CT molecular complexity index is 603. The van der Waals surface area contributed by atoms with Crippen LogP contribution in [-0.2, 0) is 9.59 Å².